The molecule has 0 saturated heterocycles. The molecule has 1 atom stereocenters. The van der Waals surface area contributed by atoms with Crippen LogP contribution in [-0.4, -0.2) is 13.2 Å². The van der Waals surface area contributed by atoms with E-state index in [1.54, 1.807) is 11.3 Å². The Hall–Kier alpha value is -0.800. The van der Waals surface area contributed by atoms with Crippen LogP contribution in [0.15, 0.2) is 22.6 Å². The molecule has 1 aromatic heterocycles. The van der Waals surface area contributed by atoms with E-state index >= 15 is 0 Å². The van der Waals surface area contributed by atoms with Gasteiger partial charge in [-0.2, -0.15) is 11.3 Å². The van der Waals surface area contributed by atoms with Crippen LogP contribution >= 0.6 is 11.3 Å². The third-order valence-corrected chi connectivity index (χ3v) is 4.02. The predicted molar refractivity (Wildman–Crippen MR) is 73.4 cm³/mol. The van der Waals surface area contributed by atoms with Gasteiger partial charge in [0.25, 0.3) is 0 Å². The molecule has 0 fully saturated rings. The van der Waals surface area contributed by atoms with Gasteiger partial charge in [-0.1, -0.05) is 6.92 Å². The predicted octanol–water partition coefficient (Wildman–Crippen LogP) is 3.79. The molecule has 1 aliphatic rings. The van der Waals surface area contributed by atoms with E-state index < -0.39 is 0 Å². The van der Waals surface area contributed by atoms with Crippen molar-refractivity contribution in [2.75, 3.05) is 13.2 Å². The standard InChI is InChI=1S/C14H21NOS/c1-3-6-15-14(12-5-4-7-16-8-12)13-10-17-9-11(13)2/h8-10,14-15H,3-7H2,1-2H3. The maximum atomic E-state index is 5.48. The van der Waals surface area contributed by atoms with Gasteiger partial charge in [-0.25, -0.2) is 0 Å². The normalized spacial score (nSPS) is 17.4. The van der Waals surface area contributed by atoms with Crippen LogP contribution in [0.25, 0.3) is 0 Å². The largest absolute Gasteiger partial charge is 0.501 e. The highest BCUT2D eigenvalue weighted by Gasteiger charge is 2.20. The topological polar surface area (TPSA) is 21.3 Å². The number of aryl methyl sites for hydroxylation is 1. The van der Waals surface area contributed by atoms with E-state index in [1.807, 2.05) is 6.26 Å². The summed E-state index contributed by atoms with van der Waals surface area (Å²) in [4.78, 5) is 0. The summed E-state index contributed by atoms with van der Waals surface area (Å²) in [7, 11) is 0. The smallest absolute Gasteiger partial charge is 0.0876 e. The molecular weight excluding hydrogens is 230 g/mol. The third-order valence-electron chi connectivity index (χ3n) is 3.14. The van der Waals surface area contributed by atoms with Crippen LogP contribution in [0.4, 0.5) is 0 Å². The van der Waals surface area contributed by atoms with Crippen LogP contribution in [0.5, 0.6) is 0 Å². The first-order valence-corrected chi connectivity index (χ1v) is 7.33. The Labute approximate surface area is 108 Å². The van der Waals surface area contributed by atoms with Crippen molar-refractivity contribution in [2.24, 2.45) is 0 Å². The summed E-state index contributed by atoms with van der Waals surface area (Å²) in [6, 6.07) is 0.349. The lowest BCUT2D eigenvalue weighted by Gasteiger charge is -2.24. The molecule has 3 heteroatoms. The highest BCUT2D eigenvalue weighted by atomic mass is 32.1. The Morgan fingerprint density at radius 1 is 1.47 bits per heavy atom. The van der Waals surface area contributed by atoms with Crippen LogP contribution in [0.1, 0.15) is 43.4 Å². The van der Waals surface area contributed by atoms with Crippen molar-refractivity contribution in [3.8, 4) is 0 Å². The van der Waals surface area contributed by atoms with Crippen LogP contribution in [0, 0.1) is 6.92 Å². The number of nitrogens with one attached hydrogen (secondary N) is 1. The van der Waals surface area contributed by atoms with E-state index in [4.69, 9.17) is 4.74 Å². The van der Waals surface area contributed by atoms with Gasteiger partial charge in [-0.3, -0.25) is 0 Å². The van der Waals surface area contributed by atoms with E-state index in [0.29, 0.717) is 6.04 Å². The van der Waals surface area contributed by atoms with Gasteiger partial charge in [0.2, 0.25) is 0 Å². The van der Waals surface area contributed by atoms with E-state index in [1.165, 1.54) is 16.7 Å². The molecule has 0 aromatic carbocycles. The lowest BCUT2D eigenvalue weighted by atomic mass is 9.95. The van der Waals surface area contributed by atoms with Crippen molar-refractivity contribution < 1.29 is 4.74 Å². The van der Waals surface area contributed by atoms with Crippen LogP contribution < -0.4 is 5.32 Å². The lowest BCUT2D eigenvalue weighted by Crippen LogP contribution is -2.25. The van der Waals surface area contributed by atoms with E-state index in [-0.39, 0.29) is 0 Å². The first kappa shape index (κ1) is 12.7. The molecular formula is C14H21NOS. The first-order chi connectivity index (χ1) is 8.33. The number of rotatable bonds is 5. The maximum Gasteiger partial charge on any atom is 0.0876 e. The number of hydrogen-bond donors (Lipinski definition) is 1. The van der Waals surface area contributed by atoms with Gasteiger partial charge < -0.3 is 10.1 Å². The zero-order valence-corrected chi connectivity index (χ0v) is 11.5. The second-order valence-corrected chi connectivity index (χ2v) is 5.31. The first-order valence-electron chi connectivity index (χ1n) is 6.39. The number of ether oxygens (including phenoxy) is 1. The number of thiophene rings is 1. The molecule has 17 heavy (non-hydrogen) atoms. The molecule has 2 rings (SSSR count). The summed E-state index contributed by atoms with van der Waals surface area (Å²) in [5, 5.41) is 8.13. The van der Waals surface area contributed by atoms with Crippen LogP contribution in [-0.2, 0) is 4.74 Å². The lowest BCUT2D eigenvalue weighted by molar-refractivity contribution is 0.219. The van der Waals surface area contributed by atoms with E-state index in [2.05, 4.69) is 29.9 Å². The van der Waals surface area contributed by atoms with Crippen molar-refractivity contribution in [2.45, 2.75) is 39.2 Å². The molecule has 0 amide bonds. The average molecular weight is 251 g/mol. The fourth-order valence-corrected chi connectivity index (χ4v) is 3.07. The van der Waals surface area contributed by atoms with Crippen molar-refractivity contribution in [3.63, 3.8) is 0 Å². The minimum absolute atomic E-state index is 0.349. The molecule has 1 unspecified atom stereocenters. The SMILES string of the molecule is CCCNC(C1=COCCC1)c1cscc1C. The Morgan fingerprint density at radius 2 is 2.35 bits per heavy atom. The minimum atomic E-state index is 0.349. The molecule has 0 spiro atoms. The van der Waals surface area contributed by atoms with Gasteiger partial charge in [0.05, 0.1) is 18.9 Å². The fraction of sp³-hybridized carbons (Fsp3) is 0.571. The third kappa shape index (κ3) is 3.11. The van der Waals surface area contributed by atoms with E-state index in [0.717, 1.165) is 32.4 Å². The quantitative estimate of drug-likeness (QED) is 0.859. The van der Waals surface area contributed by atoms with Gasteiger partial charge >= 0.3 is 0 Å². The summed E-state index contributed by atoms with van der Waals surface area (Å²) in [5.74, 6) is 0. The molecule has 1 N–H and O–H groups in total. The average Bonchev–Trinajstić information content (AvgIpc) is 2.78. The Bertz CT molecular complexity index is 383. The van der Waals surface area contributed by atoms with Gasteiger partial charge in [0, 0.05) is 0 Å². The van der Waals surface area contributed by atoms with Crippen LogP contribution in [0.3, 0.4) is 0 Å². The molecule has 0 aliphatic carbocycles. The molecule has 1 aliphatic heterocycles. The Kier molecular flexibility index (Phi) is 4.63. The Morgan fingerprint density at radius 3 is 2.94 bits per heavy atom. The van der Waals surface area contributed by atoms with Crippen molar-refractivity contribution in [3.05, 3.63) is 33.7 Å². The summed E-state index contributed by atoms with van der Waals surface area (Å²) < 4.78 is 5.48. The summed E-state index contributed by atoms with van der Waals surface area (Å²) in [6.07, 6.45) is 5.41. The van der Waals surface area contributed by atoms with Crippen molar-refractivity contribution in [1.29, 1.82) is 0 Å². The monoisotopic (exact) mass is 251 g/mol. The number of hydrogen-bond acceptors (Lipinski definition) is 3. The van der Waals surface area contributed by atoms with Crippen molar-refractivity contribution >= 4 is 11.3 Å². The molecule has 0 bridgehead atoms. The molecule has 2 heterocycles. The fourth-order valence-electron chi connectivity index (χ4n) is 2.19. The second-order valence-electron chi connectivity index (χ2n) is 4.56. The zero-order chi connectivity index (χ0) is 12.1. The summed E-state index contributed by atoms with van der Waals surface area (Å²) >= 11 is 1.78. The molecule has 0 saturated carbocycles. The van der Waals surface area contributed by atoms with Gasteiger partial charge in [-0.15, -0.1) is 0 Å². The maximum absolute atomic E-state index is 5.48. The zero-order valence-electron chi connectivity index (χ0n) is 10.7. The summed E-state index contributed by atoms with van der Waals surface area (Å²) in [5.41, 5.74) is 4.20. The molecule has 2 nitrogen and oxygen atoms in total. The van der Waals surface area contributed by atoms with Crippen molar-refractivity contribution in [1.82, 2.24) is 5.32 Å². The minimum Gasteiger partial charge on any atom is -0.501 e. The van der Waals surface area contributed by atoms with Gasteiger partial charge in [0.1, 0.15) is 0 Å². The second kappa shape index (κ2) is 6.22. The van der Waals surface area contributed by atoms with Gasteiger partial charge in [0.15, 0.2) is 0 Å². The Balaban J connectivity index is 2.18. The highest BCUT2D eigenvalue weighted by molar-refractivity contribution is 7.08. The van der Waals surface area contributed by atoms with Crippen LogP contribution in [0.2, 0.25) is 0 Å². The van der Waals surface area contributed by atoms with E-state index in [9.17, 15) is 0 Å². The highest BCUT2D eigenvalue weighted by Crippen LogP contribution is 2.31. The summed E-state index contributed by atoms with van der Waals surface area (Å²) in [6.45, 7) is 6.32. The van der Waals surface area contributed by atoms with Gasteiger partial charge in [-0.05, 0) is 60.2 Å². The molecule has 0 radical (unpaired) electrons. The molecule has 94 valence electrons. The molecule has 1 aromatic rings.